The van der Waals surface area contributed by atoms with Crippen LogP contribution in [0.5, 0.6) is 5.19 Å². The van der Waals surface area contributed by atoms with Crippen molar-refractivity contribution >= 4 is 45.3 Å². The van der Waals surface area contributed by atoms with Gasteiger partial charge in [0.1, 0.15) is 11.5 Å². The van der Waals surface area contributed by atoms with E-state index in [1.165, 1.54) is 22.7 Å². The Morgan fingerprint density at radius 1 is 1.27 bits per heavy atom. The molecule has 2 aromatic heterocycles. The zero-order valence-corrected chi connectivity index (χ0v) is 18.1. The number of carbonyl (C=O) groups excluding carboxylic acids is 2. The lowest BCUT2D eigenvalue weighted by molar-refractivity contribution is -0.116. The third-order valence-corrected chi connectivity index (χ3v) is 6.34. The first kappa shape index (κ1) is 20.5. The van der Waals surface area contributed by atoms with E-state index >= 15 is 0 Å². The van der Waals surface area contributed by atoms with Crippen LogP contribution in [-0.2, 0) is 16.0 Å². The van der Waals surface area contributed by atoms with Crippen LogP contribution in [0.2, 0.25) is 0 Å². The van der Waals surface area contributed by atoms with Gasteiger partial charge >= 0.3 is 0 Å². The lowest BCUT2D eigenvalue weighted by atomic mass is 9.99. The summed E-state index contributed by atoms with van der Waals surface area (Å²) in [6.07, 6.45) is 1.20. The Hall–Kier alpha value is -2.82. The molecule has 4 rings (SSSR count). The zero-order valence-electron chi connectivity index (χ0n) is 16.5. The van der Waals surface area contributed by atoms with Crippen molar-refractivity contribution in [3.8, 4) is 16.5 Å². The summed E-state index contributed by atoms with van der Waals surface area (Å²) in [5.41, 5.74) is 4.28. The molecule has 0 saturated carbocycles. The molecule has 1 aromatic carbocycles. The number of hydrogen-bond acceptors (Lipinski definition) is 8. The van der Waals surface area contributed by atoms with Gasteiger partial charge in [0.25, 0.3) is 11.1 Å². The fourth-order valence-electron chi connectivity index (χ4n) is 3.02. The Balaban J connectivity index is 1.45. The molecule has 0 saturated heterocycles. The standard InChI is InChI=1S/C20H20N4O4S2/c1-11-17(30-20(21-11)28-8-7-27-2)18(26)24-19-23-15(10-29-19)13-3-5-14-12(9-13)4-6-16(25)22-14/h3,5,9-10H,4,6-8H2,1-2H3,(H,22,25)(H,23,24,26). The molecule has 0 bridgehead atoms. The molecule has 156 valence electrons. The Kier molecular flexibility index (Phi) is 6.07. The van der Waals surface area contributed by atoms with Gasteiger partial charge in [0, 0.05) is 30.2 Å². The van der Waals surface area contributed by atoms with Crippen molar-refractivity contribution < 1.29 is 19.1 Å². The SMILES string of the molecule is COCCOc1nc(C)c(C(=O)Nc2nc(-c3ccc4c(c3)CCC(=O)N4)cs2)s1. The van der Waals surface area contributed by atoms with E-state index in [0.29, 0.717) is 47.0 Å². The van der Waals surface area contributed by atoms with Gasteiger partial charge in [-0.1, -0.05) is 17.4 Å². The molecule has 0 aliphatic carbocycles. The van der Waals surface area contributed by atoms with Crippen molar-refractivity contribution in [3.05, 3.63) is 39.7 Å². The highest BCUT2D eigenvalue weighted by Crippen LogP contribution is 2.31. The van der Waals surface area contributed by atoms with Gasteiger partial charge in [0.05, 0.1) is 18.0 Å². The van der Waals surface area contributed by atoms with E-state index < -0.39 is 0 Å². The second-order valence-corrected chi connectivity index (χ2v) is 8.47. The van der Waals surface area contributed by atoms with Crippen LogP contribution in [0.25, 0.3) is 11.3 Å². The molecule has 0 radical (unpaired) electrons. The molecule has 0 unspecified atom stereocenters. The second kappa shape index (κ2) is 8.90. The van der Waals surface area contributed by atoms with E-state index in [0.717, 1.165) is 22.5 Å². The van der Waals surface area contributed by atoms with Gasteiger partial charge in [0.15, 0.2) is 5.13 Å². The minimum absolute atomic E-state index is 0.0412. The van der Waals surface area contributed by atoms with Crippen LogP contribution >= 0.6 is 22.7 Å². The summed E-state index contributed by atoms with van der Waals surface area (Å²) in [6.45, 7) is 2.61. The molecule has 0 fully saturated rings. The van der Waals surface area contributed by atoms with E-state index in [-0.39, 0.29) is 11.8 Å². The molecule has 2 N–H and O–H groups in total. The fourth-order valence-corrected chi connectivity index (χ4v) is 4.57. The molecule has 10 heteroatoms. The predicted molar refractivity (Wildman–Crippen MR) is 117 cm³/mol. The van der Waals surface area contributed by atoms with Crippen LogP contribution in [0.3, 0.4) is 0 Å². The second-order valence-electron chi connectivity index (χ2n) is 6.65. The number of carbonyl (C=O) groups is 2. The lowest BCUT2D eigenvalue weighted by Gasteiger charge is -2.17. The summed E-state index contributed by atoms with van der Waals surface area (Å²) in [5.74, 6) is -0.222. The Morgan fingerprint density at radius 2 is 2.13 bits per heavy atom. The number of ether oxygens (including phenoxy) is 2. The molecular weight excluding hydrogens is 424 g/mol. The highest BCUT2D eigenvalue weighted by atomic mass is 32.1. The van der Waals surface area contributed by atoms with Crippen LogP contribution in [0, 0.1) is 6.92 Å². The summed E-state index contributed by atoms with van der Waals surface area (Å²) in [4.78, 5) is 33.5. The van der Waals surface area contributed by atoms with Crippen LogP contribution in [-0.4, -0.2) is 42.1 Å². The maximum Gasteiger partial charge on any atom is 0.274 e. The number of aryl methyl sites for hydroxylation is 2. The van der Waals surface area contributed by atoms with E-state index in [4.69, 9.17) is 9.47 Å². The first-order chi connectivity index (χ1) is 14.5. The molecule has 8 nitrogen and oxygen atoms in total. The number of thiazole rings is 2. The Morgan fingerprint density at radius 3 is 2.97 bits per heavy atom. The summed E-state index contributed by atoms with van der Waals surface area (Å²) in [6, 6.07) is 5.85. The molecular formula is C20H20N4O4S2. The van der Waals surface area contributed by atoms with Gasteiger partial charge in [-0.15, -0.1) is 11.3 Å². The average molecular weight is 445 g/mol. The van der Waals surface area contributed by atoms with Crippen molar-refractivity contribution in [2.24, 2.45) is 0 Å². The van der Waals surface area contributed by atoms with Gasteiger partial charge in [-0.25, -0.2) is 9.97 Å². The molecule has 30 heavy (non-hydrogen) atoms. The molecule has 1 aliphatic rings. The van der Waals surface area contributed by atoms with E-state index in [1.54, 1.807) is 14.0 Å². The van der Waals surface area contributed by atoms with Gasteiger partial charge in [-0.05, 0) is 31.0 Å². The summed E-state index contributed by atoms with van der Waals surface area (Å²) in [7, 11) is 1.60. The van der Waals surface area contributed by atoms with Crippen molar-refractivity contribution in [3.63, 3.8) is 0 Å². The quantitative estimate of drug-likeness (QED) is 0.538. The molecule has 0 spiro atoms. The lowest BCUT2D eigenvalue weighted by Crippen LogP contribution is -2.18. The average Bonchev–Trinajstić information content (AvgIpc) is 3.34. The smallest absolute Gasteiger partial charge is 0.274 e. The summed E-state index contributed by atoms with van der Waals surface area (Å²) >= 11 is 2.56. The number of nitrogens with one attached hydrogen (secondary N) is 2. The van der Waals surface area contributed by atoms with Gasteiger partial charge in [-0.2, -0.15) is 0 Å². The number of hydrogen-bond donors (Lipinski definition) is 2. The van der Waals surface area contributed by atoms with E-state index in [1.807, 2.05) is 23.6 Å². The number of benzene rings is 1. The monoisotopic (exact) mass is 444 g/mol. The summed E-state index contributed by atoms with van der Waals surface area (Å²) in [5, 5.41) is 8.57. The number of fused-ring (bicyclic) bond motifs is 1. The molecule has 3 aromatic rings. The van der Waals surface area contributed by atoms with Crippen LogP contribution in [0.15, 0.2) is 23.6 Å². The minimum atomic E-state index is -0.263. The van der Waals surface area contributed by atoms with Crippen molar-refractivity contribution in [1.29, 1.82) is 0 Å². The number of anilines is 2. The highest BCUT2D eigenvalue weighted by molar-refractivity contribution is 7.16. The first-order valence-corrected chi connectivity index (χ1v) is 11.0. The van der Waals surface area contributed by atoms with Crippen molar-refractivity contribution in [2.75, 3.05) is 31.0 Å². The molecule has 0 atom stereocenters. The van der Waals surface area contributed by atoms with Crippen LogP contribution in [0.4, 0.5) is 10.8 Å². The summed E-state index contributed by atoms with van der Waals surface area (Å²) < 4.78 is 10.4. The number of nitrogens with zero attached hydrogens (tertiary/aromatic N) is 2. The zero-order chi connectivity index (χ0) is 21.1. The molecule has 3 heterocycles. The largest absolute Gasteiger partial charge is 0.468 e. The Bertz CT molecular complexity index is 1090. The minimum Gasteiger partial charge on any atom is -0.468 e. The number of amides is 2. The molecule has 1 aliphatic heterocycles. The number of aromatic nitrogens is 2. The van der Waals surface area contributed by atoms with Gasteiger partial charge in [-0.3, -0.25) is 14.9 Å². The third-order valence-electron chi connectivity index (χ3n) is 4.52. The third kappa shape index (κ3) is 4.50. The normalized spacial score (nSPS) is 12.9. The first-order valence-electron chi connectivity index (χ1n) is 9.32. The van der Waals surface area contributed by atoms with Crippen molar-refractivity contribution in [1.82, 2.24) is 9.97 Å². The van der Waals surface area contributed by atoms with Gasteiger partial charge in [0.2, 0.25) is 5.91 Å². The topological polar surface area (TPSA) is 102 Å². The van der Waals surface area contributed by atoms with E-state index in [9.17, 15) is 9.59 Å². The fraction of sp³-hybridized carbons (Fsp3) is 0.300. The maximum absolute atomic E-state index is 12.7. The highest BCUT2D eigenvalue weighted by Gasteiger charge is 2.19. The van der Waals surface area contributed by atoms with Crippen LogP contribution in [0.1, 0.15) is 27.3 Å². The predicted octanol–water partition coefficient (Wildman–Crippen LogP) is 3.74. The molecule has 2 amide bonds. The van der Waals surface area contributed by atoms with Gasteiger partial charge < -0.3 is 14.8 Å². The number of methoxy groups -OCH3 is 1. The van der Waals surface area contributed by atoms with Crippen molar-refractivity contribution in [2.45, 2.75) is 19.8 Å². The maximum atomic E-state index is 12.7. The van der Waals surface area contributed by atoms with E-state index in [2.05, 4.69) is 20.6 Å². The number of rotatable bonds is 7. The van der Waals surface area contributed by atoms with Crippen LogP contribution < -0.4 is 15.4 Å². The Labute approximate surface area is 181 Å².